The van der Waals surface area contributed by atoms with Crippen molar-refractivity contribution in [1.29, 1.82) is 0 Å². The van der Waals surface area contributed by atoms with Crippen molar-refractivity contribution < 1.29 is 36.2 Å². The van der Waals surface area contributed by atoms with Crippen LogP contribution >= 0.6 is 0 Å². The third-order valence-corrected chi connectivity index (χ3v) is 2.38. The van der Waals surface area contributed by atoms with Crippen molar-refractivity contribution in [1.82, 2.24) is 0 Å². The first-order valence-electron chi connectivity index (χ1n) is 5.55. The van der Waals surface area contributed by atoms with E-state index >= 15 is 0 Å². The molecule has 0 aliphatic rings. The molecule has 0 aliphatic carbocycles. The Morgan fingerprint density at radius 3 is 1.89 bits per heavy atom. The molecule has 0 aromatic heterocycles. The molecular weight excluding hydrogens is 280 g/mol. The molecule has 19 heavy (non-hydrogen) atoms. The SMILES string of the molecule is CC(N)(CO)CCCCOC(C(F)(F)F)C(F)(F)F. The Kier molecular flexibility index (Phi) is 6.56. The van der Waals surface area contributed by atoms with Gasteiger partial charge in [0.2, 0.25) is 6.10 Å². The number of alkyl halides is 6. The summed E-state index contributed by atoms with van der Waals surface area (Å²) >= 11 is 0. The fraction of sp³-hybridized carbons (Fsp3) is 1.00. The van der Waals surface area contributed by atoms with Crippen LogP contribution in [0.5, 0.6) is 0 Å². The van der Waals surface area contributed by atoms with E-state index in [2.05, 4.69) is 4.74 Å². The Morgan fingerprint density at radius 2 is 1.53 bits per heavy atom. The summed E-state index contributed by atoms with van der Waals surface area (Å²) < 4.78 is 76.3. The summed E-state index contributed by atoms with van der Waals surface area (Å²) in [6.07, 6.45) is -14.2. The topological polar surface area (TPSA) is 55.5 Å². The number of halogens is 6. The Morgan fingerprint density at radius 1 is 1.05 bits per heavy atom. The quantitative estimate of drug-likeness (QED) is 0.560. The van der Waals surface area contributed by atoms with E-state index in [-0.39, 0.29) is 25.9 Å². The minimum atomic E-state index is -5.48. The predicted molar refractivity (Wildman–Crippen MR) is 55.4 cm³/mol. The van der Waals surface area contributed by atoms with Gasteiger partial charge in [0.25, 0.3) is 0 Å². The second kappa shape index (κ2) is 6.76. The fourth-order valence-corrected chi connectivity index (χ4v) is 1.29. The minimum absolute atomic E-state index is 0.00451. The van der Waals surface area contributed by atoms with Crippen LogP contribution in [0.15, 0.2) is 0 Å². The highest BCUT2D eigenvalue weighted by Crippen LogP contribution is 2.35. The summed E-state index contributed by atoms with van der Waals surface area (Å²) in [4.78, 5) is 0. The third kappa shape index (κ3) is 7.58. The highest BCUT2D eigenvalue weighted by Gasteiger charge is 2.57. The maximum absolute atomic E-state index is 12.1. The molecule has 1 unspecified atom stereocenters. The van der Waals surface area contributed by atoms with Gasteiger partial charge in [-0.2, -0.15) is 26.3 Å². The highest BCUT2D eigenvalue weighted by molar-refractivity contribution is 4.78. The van der Waals surface area contributed by atoms with Crippen molar-refractivity contribution in [3.63, 3.8) is 0 Å². The van der Waals surface area contributed by atoms with Gasteiger partial charge >= 0.3 is 12.4 Å². The summed E-state index contributed by atoms with van der Waals surface area (Å²) in [5.41, 5.74) is 4.65. The number of hydrogen-bond donors (Lipinski definition) is 2. The van der Waals surface area contributed by atoms with Crippen LogP contribution in [-0.2, 0) is 4.74 Å². The van der Waals surface area contributed by atoms with Gasteiger partial charge in [0.1, 0.15) is 0 Å². The number of nitrogens with two attached hydrogens (primary N) is 1. The lowest BCUT2D eigenvalue weighted by atomic mass is 9.97. The van der Waals surface area contributed by atoms with Crippen LogP contribution in [-0.4, -0.2) is 42.3 Å². The van der Waals surface area contributed by atoms with Gasteiger partial charge in [0.15, 0.2) is 0 Å². The van der Waals surface area contributed by atoms with Crippen LogP contribution in [0.2, 0.25) is 0 Å². The molecule has 0 aliphatic heterocycles. The Hall–Kier alpha value is -0.540. The van der Waals surface area contributed by atoms with Crippen molar-refractivity contribution in [2.75, 3.05) is 13.2 Å². The second-order valence-corrected chi connectivity index (χ2v) is 4.60. The maximum atomic E-state index is 12.1. The second-order valence-electron chi connectivity index (χ2n) is 4.60. The lowest BCUT2D eigenvalue weighted by molar-refractivity contribution is -0.321. The van der Waals surface area contributed by atoms with Gasteiger partial charge in [-0.15, -0.1) is 0 Å². The first kappa shape index (κ1) is 18.5. The number of rotatable bonds is 7. The van der Waals surface area contributed by atoms with E-state index in [0.29, 0.717) is 0 Å². The van der Waals surface area contributed by atoms with E-state index in [1.165, 1.54) is 6.92 Å². The standard InChI is InChI=1S/C10H17F6NO2/c1-8(17,6-18)4-2-3-5-19-7(9(11,12)13)10(14,15)16/h7,18H,2-6,17H2,1H3. The third-order valence-electron chi connectivity index (χ3n) is 2.38. The van der Waals surface area contributed by atoms with E-state index in [0.717, 1.165) is 0 Å². The van der Waals surface area contributed by atoms with E-state index < -0.39 is 30.6 Å². The smallest absolute Gasteiger partial charge is 0.394 e. The van der Waals surface area contributed by atoms with E-state index in [4.69, 9.17) is 10.8 Å². The molecule has 0 rings (SSSR count). The number of ether oxygens (including phenoxy) is 1. The first-order chi connectivity index (χ1) is 8.40. The molecule has 9 heteroatoms. The van der Waals surface area contributed by atoms with Gasteiger partial charge < -0.3 is 15.6 Å². The van der Waals surface area contributed by atoms with Crippen molar-refractivity contribution in [2.45, 2.75) is 50.2 Å². The largest absolute Gasteiger partial charge is 0.423 e. The number of hydrogen-bond acceptors (Lipinski definition) is 3. The Labute approximate surface area is 106 Å². The molecule has 3 nitrogen and oxygen atoms in total. The molecule has 0 aromatic carbocycles. The molecule has 0 radical (unpaired) electrons. The van der Waals surface area contributed by atoms with Gasteiger partial charge in [-0.05, 0) is 26.2 Å². The van der Waals surface area contributed by atoms with Crippen molar-refractivity contribution >= 4 is 0 Å². The van der Waals surface area contributed by atoms with Crippen LogP contribution in [0.1, 0.15) is 26.2 Å². The average molecular weight is 297 g/mol. The Bertz CT molecular complexity index is 250. The zero-order valence-electron chi connectivity index (χ0n) is 10.3. The first-order valence-corrected chi connectivity index (χ1v) is 5.55. The van der Waals surface area contributed by atoms with Crippen LogP contribution in [0, 0.1) is 0 Å². The predicted octanol–water partition coefficient (Wildman–Crippen LogP) is 2.38. The lowest BCUT2D eigenvalue weighted by Crippen LogP contribution is -2.44. The molecule has 0 fully saturated rings. The summed E-state index contributed by atoms with van der Waals surface area (Å²) in [7, 11) is 0. The monoisotopic (exact) mass is 297 g/mol. The van der Waals surface area contributed by atoms with Gasteiger partial charge in [0, 0.05) is 12.1 Å². The Balaban J connectivity index is 4.10. The molecule has 0 bridgehead atoms. The molecular formula is C10H17F6NO2. The molecule has 0 amide bonds. The number of aliphatic hydroxyl groups is 1. The molecule has 116 valence electrons. The van der Waals surface area contributed by atoms with Gasteiger partial charge in [0.05, 0.1) is 6.61 Å². The van der Waals surface area contributed by atoms with E-state index in [1.54, 1.807) is 0 Å². The van der Waals surface area contributed by atoms with Crippen LogP contribution in [0.25, 0.3) is 0 Å². The fourth-order valence-electron chi connectivity index (χ4n) is 1.29. The zero-order chi connectivity index (χ0) is 15.3. The molecule has 0 saturated heterocycles. The van der Waals surface area contributed by atoms with Crippen LogP contribution in [0.3, 0.4) is 0 Å². The molecule has 0 spiro atoms. The van der Waals surface area contributed by atoms with Gasteiger partial charge in [-0.3, -0.25) is 0 Å². The van der Waals surface area contributed by atoms with Gasteiger partial charge in [-0.1, -0.05) is 0 Å². The number of aliphatic hydroxyl groups excluding tert-OH is 1. The number of unbranched alkanes of at least 4 members (excludes halogenated alkanes) is 1. The van der Waals surface area contributed by atoms with E-state index in [1.807, 2.05) is 0 Å². The lowest BCUT2D eigenvalue weighted by Gasteiger charge is -2.24. The van der Waals surface area contributed by atoms with Crippen molar-refractivity contribution in [3.05, 3.63) is 0 Å². The van der Waals surface area contributed by atoms with Crippen molar-refractivity contribution in [3.8, 4) is 0 Å². The van der Waals surface area contributed by atoms with Crippen LogP contribution in [0.4, 0.5) is 26.3 Å². The molecule has 0 saturated carbocycles. The highest BCUT2D eigenvalue weighted by atomic mass is 19.4. The van der Waals surface area contributed by atoms with Gasteiger partial charge in [-0.25, -0.2) is 0 Å². The van der Waals surface area contributed by atoms with E-state index in [9.17, 15) is 26.3 Å². The average Bonchev–Trinajstić information content (AvgIpc) is 2.19. The summed E-state index contributed by atoms with van der Waals surface area (Å²) in [6.45, 7) is 0.537. The minimum Gasteiger partial charge on any atom is -0.394 e. The zero-order valence-corrected chi connectivity index (χ0v) is 10.3. The molecule has 3 N–H and O–H groups in total. The summed E-state index contributed by atoms with van der Waals surface area (Å²) in [6, 6.07) is 0. The maximum Gasteiger partial charge on any atom is 0.423 e. The normalized spacial score (nSPS) is 16.7. The summed E-state index contributed by atoms with van der Waals surface area (Å²) in [5.74, 6) is 0. The van der Waals surface area contributed by atoms with Crippen LogP contribution < -0.4 is 5.73 Å². The molecule has 0 heterocycles. The van der Waals surface area contributed by atoms with Crippen molar-refractivity contribution in [2.24, 2.45) is 5.73 Å². The summed E-state index contributed by atoms with van der Waals surface area (Å²) in [5, 5.41) is 8.80. The molecule has 0 aromatic rings. The molecule has 1 atom stereocenters.